The molecule has 1 atom stereocenters. The highest BCUT2D eigenvalue weighted by molar-refractivity contribution is 7.09. The Hall–Kier alpha value is -2.71. The van der Waals surface area contributed by atoms with Gasteiger partial charge in [-0.2, -0.15) is 0 Å². The van der Waals surface area contributed by atoms with Crippen LogP contribution in [0.15, 0.2) is 47.8 Å². The van der Waals surface area contributed by atoms with E-state index in [1.54, 1.807) is 4.90 Å². The second-order valence-corrected chi connectivity index (χ2v) is 7.09. The summed E-state index contributed by atoms with van der Waals surface area (Å²) in [5.41, 5.74) is 1.01. The molecule has 8 heteroatoms. The van der Waals surface area contributed by atoms with Gasteiger partial charge in [0.25, 0.3) is 0 Å². The van der Waals surface area contributed by atoms with Crippen LogP contribution in [0.25, 0.3) is 0 Å². The molecule has 1 aromatic carbocycles. The fourth-order valence-electron chi connectivity index (χ4n) is 2.75. The van der Waals surface area contributed by atoms with E-state index < -0.39 is 11.8 Å². The molecule has 1 aromatic heterocycles. The predicted octanol–water partition coefficient (Wildman–Crippen LogP) is 1.08. The van der Waals surface area contributed by atoms with Crippen molar-refractivity contribution in [1.29, 1.82) is 0 Å². The van der Waals surface area contributed by atoms with E-state index in [4.69, 9.17) is 4.74 Å². The van der Waals surface area contributed by atoms with Crippen LogP contribution in [0, 0.1) is 0 Å². The number of ether oxygens (including phenoxy) is 1. The number of carbonyl (C=O) groups excluding carboxylic acids is 3. The quantitative estimate of drug-likeness (QED) is 0.752. The molecule has 0 aliphatic carbocycles. The van der Waals surface area contributed by atoms with Crippen LogP contribution >= 0.6 is 11.3 Å². The van der Waals surface area contributed by atoms with Crippen LogP contribution in [0.1, 0.15) is 16.5 Å². The zero-order chi connectivity index (χ0) is 19.1. The number of benzene rings is 1. The van der Waals surface area contributed by atoms with Gasteiger partial charge in [-0.3, -0.25) is 14.4 Å². The molecule has 0 radical (unpaired) electrons. The second-order valence-electron chi connectivity index (χ2n) is 6.05. The zero-order valence-electron chi connectivity index (χ0n) is 14.7. The molecular weight excluding hydrogens is 366 g/mol. The molecule has 0 saturated carbocycles. The van der Waals surface area contributed by atoms with Crippen molar-refractivity contribution in [2.75, 3.05) is 26.2 Å². The largest absolute Gasteiger partial charge is 0.370 e. The molecule has 2 N–H and O–H groups in total. The van der Waals surface area contributed by atoms with Crippen molar-refractivity contribution in [2.45, 2.75) is 12.6 Å². The third-order valence-electron chi connectivity index (χ3n) is 4.20. The second kappa shape index (κ2) is 9.29. The number of hydrogen-bond acceptors (Lipinski definition) is 5. The SMILES string of the molecule is O=C(NCC(=O)N1CCOC(c2ccccc2)C1)C(=O)NCc1cccs1. The number of hydrogen-bond donors (Lipinski definition) is 2. The van der Waals surface area contributed by atoms with E-state index in [-0.39, 0.29) is 18.6 Å². The first-order chi connectivity index (χ1) is 13.1. The summed E-state index contributed by atoms with van der Waals surface area (Å²) in [5, 5.41) is 6.81. The third-order valence-corrected chi connectivity index (χ3v) is 5.08. The molecule has 1 unspecified atom stereocenters. The van der Waals surface area contributed by atoms with E-state index >= 15 is 0 Å². The van der Waals surface area contributed by atoms with Gasteiger partial charge in [-0.05, 0) is 17.0 Å². The van der Waals surface area contributed by atoms with Gasteiger partial charge in [0.2, 0.25) is 5.91 Å². The normalized spacial score (nSPS) is 16.6. The van der Waals surface area contributed by atoms with Crippen molar-refractivity contribution in [2.24, 2.45) is 0 Å². The van der Waals surface area contributed by atoms with Gasteiger partial charge in [0.15, 0.2) is 0 Å². The van der Waals surface area contributed by atoms with Crippen LogP contribution in [0.2, 0.25) is 0 Å². The summed E-state index contributed by atoms with van der Waals surface area (Å²) >= 11 is 1.49. The Morgan fingerprint density at radius 1 is 1.07 bits per heavy atom. The van der Waals surface area contributed by atoms with E-state index in [9.17, 15) is 14.4 Å². The summed E-state index contributed by atoms with van der Waals surface area (Å²) in [6.45, 7) is 1.39. The first kappa shape index (κ1) is 19.1. The van der Waals surface area contributed by atoms with Gasteiger partial charge in [0.1, 0.15) is 6.10 Å². The van der Waals surface area contributed by atoms with Gasteiger partial charge >= 0.3 is 11.8 Å². The molecule has 142 valence electrons. The van der Waals surface area contributed by atoms with Crippen LogP contribution in [0.5, 0.6) is 0 Å². The summed E-state index contributed by atoms with van der Waals surface area (Å²) in [5.74, 6) is -1.80. The maximum Gasteiger partial charge on any atom is 0.309 e. The third kappa shape index (κ3) is 5.38. The monoisotopic (exact) mass is 387 g/mol. The summed E-state index contributed by atoms with van der Waals surface area (Å²) in [7, 11) is 0. The van der Waals surface area contributed by atoms with E-state index in [2.05, 4.69) is 10.6 Å². The smallest absolute Gasteiger partial charge is 0.309 e. The van der Waals surface area contributed by atoms with Gasteiger partial charge < -0.3 is 20.3 Å². The lowest BCUT2D eigenvalue weighted by molar-refractivity contribution is -0.142. The van der Waals surface area contributed by atoms with Gasteiger partial charge in [-0.15, -0.1) is 11.3 Å². The Labute approximate surface area is 161 Å². The van der Waals surface area contributed by atoms with Crippen LogP contribution in [0.4, 0.5) is 0 Å². The zero-order valence-corrected chi connectivity index (χ0v) is 15.5. The van der Waals surface area contributed by atoms with Crippen molar-refractivity contribution >= 4 is 29.1 Å². The van der Waals surface area contributed by atoms with Gasteiger partial charge in [0.05, 0.1) is 26.2 Å². The number of rotatable bonds is 5. The molecule has 1 fully saturated rings. The van der Waals surface area contributed by atoms with Crippen LogP contribution in [0.3, 0.4) is 0 Å². The molecule has 0 bridgehead atoms. The Bertz CT molecular complexity index is 780. The Morgan fingerprint density at radius 2 is 1.85 bits per heavy atom. The topological polar surface area (TPSA) is 87.7 Å². The van der Waals surface area contributed by atoms with Crippen LogP contribution in [-0.4, -0.2) is 48.9 Å². The fraction of sp³-hybridized carbons (Fsp3) is 0.316. The lowest BCUT2D eigenvalue weighted by Crippen LogP contribution is -2.48. The minimum atomic E-state index is -0.812. The van der Waals surface area contributed by atoms with E-state index in [1.807, 2.05) is 47.8 Å². The summed E-state index contributed by atoms with van der Waals surface area (Å²) in [6, 6.07) is 13.4. The van der Waals surface area contributed by atoms with Gasteiger partial charge in [-0.25, -0.2) is 0 Å². The van der Waals surface area contributed by atoms with Crippen molar-refractivity contribution in [3.8, 4) is 0 Å². The number of morpholine rings is 1. The molecular formula is C19H21N3O4S. The number of nitrogens with one attached hydrogen (secondary N) is 2. The predicted molar refractivity (Wildman–Crippen MR) is 101 cm³/mol. The molecule has 27 heavy (non-hydrogen) atoms. The molecule has 2 heterocycles. The molecule has 1 aliphatic heterocycles. The standard InChI is InChI=1S/C19H21N3O4S/c23-17(12-21-19(25)18(24)20-11-15-7-4-10-27-15)22-8-9-26-16(13-22)14-5-2-1-3-6-14/h1-7,10,16H,8-9,11-13H2,(H,20,24)(H,21,25). The summed E-state index contributed by atoms with van der Waals surface area (Å²) < 4.78 is 5.73. The van der Waals surface area contributed by atoms with Gasteiger partial charge in [-0.1, -0.05) is 36.4 Å². The molecule has 1 aliphatic rings. The highest BCUT2D eigenvalue weighted by atomic mass is 32.1. The Kier molecular flexibility index (Phi) is 6.56. The average molecular weight is 387 g/mol. The number of nitrogens with zero attached hydrogens (tertiary/aromatic N) is 1. The first-order valence-corrected chi connectivity index (χ1v) is 9.54. The van der Waals surface area contributed by atoms with Gasteiger partial charge in [0, 0.05) is 11.4 Å². The van der Waals surface area contributed by atoms with E-state index in [0.29, 0.717) is 26.2 Å². The Balaban J connectivity index is 1.44. The van der Waals surface area contributed by atoms with E-state index in [1.165, 1.54) is 11.3 Å². The number of carbonyl (C=O) groups is 3. The van der Waals surface area contributed by atoms with Crippen LogP contribution < -0.4 is 10.6 Å². The van der Waals surface area contributed by atoms with Crippen molar-refractivity contribution in [3.05, 3.63) is 58.3 Å². The van der Waals surface area contributed by atoms with Crippen LogP contribution in [-0.2, 0) is 25.7 Å². The molecule has 0 spiro atoms. The molecule has 1 saturated heterocycles. The van der Waals surface area contributed by atoms with E-state index in [0.717, 1.165) is 10.4 Å². The highest BCUT2D eigenvalue weighted by Gasteiger charge is 2.26. The lowest BCUT2D eigenvalue weighted by Gasteiger charge is -2.33. The maximum absolute atomic E-state index is 12.4. The fourth-order valence-corrected chi connectivity index (χ4v) is 3.40. The molecule has 3 amide bonds. The lowest BCUT2D eigenvalue weighted by atomic mass is 10.1. The highest BCUT2D eigenvalue weighted by Crippen LogP contribution is 2.21. The molecule has 7 nitrogen and oxygen atoms in total. The first-order valence-electron chi connectivity index (χ1n) is 8.66. The summed E-state index contributed by atoms with van der Waals surface area (Å²) in [6.07, 6.45) is -0.186. The van der Waals surface area contributed by atoms with Crippen molar-refractivity contribution < 1.29 is 19.1 Å². The molecule has 3 rings (SSSR count). The minimum absolute atomic E-state index is 0.186. The van der Waals surface area contributed by atoms with Crippen molar-refractivity contribution in [3.63, 3.8) is 0 Å². The number of amides is 3. The Morgan fingerprint density at radius 3 is 2.59 bits per heavy atom. The minimum Gasteiger partial charge on any atom is -0.370 e. The average Bonchev–Trinajstić information content (AvgIpc) is 3.24. The molecule has 2 aromatic rings. The maximum atomic E-state index is 12.4. The summed E-state index contributed by atoms with van der Waals surface area (Å²) in [4.78, 5) is 38.6. The number of thiophene rings is 1. The van der Waals surface area contributed by atoms with Crippen molar-refractivity contribution in [1.82, 2.24) is 15.5 Å².